The minimum absolute atomic E-state index is 0.122. The van der Waals surface area contributed by atoms with Crippen molar-refractivity contribution in [3.05, 3.63) is 57.4 Å². The lowest BCUT2D eigenvalue weighted by atomic mass is 10.2. The SMILES string of the molecule is Cn1nc(-c2cccc(Br)n2)cc1N.N#CCC(=O)c1cccc(Br)n1. The van der Waals surface area contributed by atoms with Gasteiger partial charge in [-0.1, -0.05) is 12.1 Å². The third-order valence-electron chi connectivity index (χ3n) is 3.13. The summed E-state index contributed by atoms with van der Waals surface area (Å²) in [6.07, 6.45) is -0.122. The number of nitrogen functional groups attached to an aromatic ring is 1. The van der Waals surface area contributed by atoms with Gasteiger partial charge in [0.15, 0.2) is 5.78 Å². The lowest BCUT2D eigenvalue weighted by Crippen LogP contribution is -2.00. The van der Waals surface area contributed by atoms with Crippen molar-refractivity contribution in [2.75, 3.05) is 5.73 Å². The van der Waals surface area contributed by atoms with E-state index in [0.29, 0.717) is 16.1 Å². The first kappa shape index (κ1) is 19.8. The number of aryl methyl sites for hydroxylation is 1. The predicted molar refractivity (Wildman–Crippen MR) is 105 cm³/mol. The Morgan fingerprint density at radius 1 is 1.15 bits per heavy atom. The fourth-order valence-corrected chi connectivity index (χ4v) is 2.57. The average Bonchev–Trinajstić information content (AvgIpc) is 2.95. The highest BCUT2D eigenvalue weighted by atomic mass is 79.9. The molecular formula is C17H14Br2N6O. The number of hydrogen-bond acceptors (Lipinski definition) is 6. The van der Waals surface area contributed by atoms with Crippen LogP contribution in [0.5, 0.6) is 0 Å². The second kappa shape index (κ2) is 9.22. The van der Waals surface area contributed by atoms with Crippen molar-refractivity contribution in [2.45, 2.75) is 6.42 Å². The van der Waals surface area contributed by atoms with Crippen LogP contribution in [0.25, 0.3) is 11.4 Å². The number of halogens is 2. The Hall–Kier alpha value is -2.57. The molecule has 132 valence electrons. The van der Waals surface area contributed by atoms with Crippen LogP contribution in [-0.2, 0) is 7.05 Å². The maximum absolute atomic E-state index is 11.1. The average molecular weight is 478 g/mol. The number of aromatic nitrogens is 4. The molecule has 0 aromatic carbocycles. The van der Waals surface area contributed by atoms with Gasteiger partial charge < -0.3 is 5.73 Å². The second-order valence-corrected chi connectivity index (χ2v) is 6.65. The number of nitrogens with zero attached hydrogens (tertiary/aromatic N) is 5. The summed E-state index contributed by atoms with van der Waals surface area (Å²) in [5, 5.41) is 12.5. The Kier molecular flexibility index (Phi) is 7.00. The fraction of sp³-hybridized carbons (Fsp3) is 0.118. The van der Waals surface area contributed by atoms with Gasteiger partial charge in [-0.3, -0.25) is 9.48 Å². The molecule has 0 aliphatic heterocycles. The van der Waals surface area contributed by atoms with Crippen molar-refractivity contribution in [1.82, 2.24) is 19.7 Å². The van der Waals surface area contributed by atoms with Crippen LogP contribution in [0.1, 0.15) is 16.9 Å². The van der Waals surface area contributed by atoms with Gasteiger partial charge in [0.25, 0.3) is 0 Å². The standard InChI is InChI=1S/C9H9BrN4.C8H5BrN2O/c1-14-9(11)5-7(13-14)6-3-2-4-8(10)12-6;9-8-3-1-2-6(11-8)7(12)4-5-10/h2-5H,11H2,1H3;1-3H,4H2. The Bertz CT molecular complexity index is 944. The zero-order valence-electron chi connectivity index (χ0n) is 13.7. The van der Waals surface area contributed by atoms with Crippen molar-refractivity contribution in [2.24, 2.45) is 7.05 Å². The molecule has 3 heterocycles. The van der Waals surface area contributed by atoms with Gasteiger partial charge in [0.05, 0.1) is 11.8 Å². The van der Waals surface area contributed by atoms with Crippen LogP contribution in [-0.4, -0.2) is 25.5 Å². The minimum Gasteiger partial charge on any atom is -0.384 e. The van der Waals surface area contributed by atoms with Crippen molar-refractivity contribution < 1.29 is 4.79 Å². The summed E-state index contributed by atoms with van der Waals surface area (Å²) in [4.78, 5) is 19.3. The van der Waals surface area contributed by atoms with E-state index in [9.17, 15) is 4.79 Å². The normalized spacial score (nSPS) is 9.77. The van der Waals surface area contributed by atoms with E-state index in [4.69, 9.17) is 11.0 Å². The van der Waals surface area contributed by atoms with E-state index in [0.717, 1.165) is 16.0 Å². The van der Waals surface area contributed by atoms with Crippen LogP contribution >= 0.6 is 31.9 Å². The van der Waals surface area contributed by atoms with Gasteiger partial charge in [0.1, 0.15) is 32.8 Å². The van der Waals surface area contributed by atoms with Crippen LogP contribution in [0, 0.1) is 11.3 Å². The molecule has 9 heteroatoms. The Labute approximate surface area is 167 Å². The molecule has 0 atom stereocenters. The number of ketones is 1. The maximum atomic E-state index is 11.1. The van der Waals surface area contributed by atoms with E-state index < -0.39 is 0 Å². The Morgan fingerprint density at radius 3 is 2.35 bits per heavy atom. The van der Waals surface area contributed by atoms with Crippen molar-refractivity contribution in [3.63, 3.8) is 0 Å². The largest absolute Gasteiger partial charge is 0.384 e. The molecule has 0 unspecified atom stereocenters. The second-order valence-electron chi connectivity index (χ2n) is 5.03. The third kappa shape index (κ3) is 5.47. The zero-order valence-corrected chi connectivity index (χ0v) is 16.9. The molecule has 26 heavy (non-hydrogen) atoms. The maximum Gasteiger partial charge on any atom is 0.195 e. The quantitative estimate of drug-likeness (QED) is 0.454. The van der Waals surface area contributed by atoms with Gasteiger partial charge in [-0.25, -0.2) is 9.97 Å². The topological polar surface area (TPSA) is 110 Å². The molecule has 0 saturated carbocycles. The van der Waals surface area contributed by atoms with Crippen molar-refractivity contribution in [3.8, 4) is 17.5 Å². The molecule has 7 nitrogen and oxygen atoms in total. The van der Waals surface area contributed by atoms with E-state index in [1.54, 1.807) is 42.1 Å². The number of hydrogen-bond donors (Lipinski definition) is 1. The minimum atomic E-state index is -0.251. The molecule has 0 amide bonds. The van der Waals surface area contributed by atoms with Gasteiger partial charge in [-0.05, 0) is 56.1 Å². The van der Waals surface area contributed by atoms with Crippen LogP contribution < -0.4 is 5.73 Å². The van der Waals surface area contributed by atoms with Crippen molar-refractivity contribution >= 4 is 43.5 Å². The van der Waals surface area contributed by atoms with Gasteiger partial charge in [0.2, 0.25) is 0 Å². The van der Waals surface area contributed by atoms with Crippen LogP contribution in [0.2, 0.25) is 0 Å². The third-order valence-corrected chi connectivity index (χ3v) is 4.02. The fourth-order valence-electron chi connectivity index (χ4n) is 1.88. The Balaban J connectivity index is 0.000000190. The summed E-state index contributed by atoms with van der Waals surface area (Å²) < 4.78 is 3.02. The number of nitrogens with two attached hydrogens (primary N) is 1. The highest BCUT2D eigenvalue weighted by Gasteiger charge is 2.06. The number of carbonyl (C=O) groups excluding carboxylic acids is 1. The van der Waals surface area contributed by atoms with Crippen LogP contribution in [0.3, 0.4) is 0 Å². The molecule has 0 radical (unpaired) electrons. The number of rotatable bonds is 3. The number of pyridine rings is 2. The Morgan fingerprint density at radius 2 is 1.81 bits per heavy atom. The highest BCUT2D eigenvalue weighted by molar-refractivity contribution is 9.10. The van der Waals surface area contributed by atoms with Crippen LogP contribution in [0.4, 0.5) is 5.82 Å². The smallest absolute Gasteiger partial charge is 0.195 e. The van der Waals surface area contributed by atoms with Gasteiger partial charge in [0, 0.05) is 13.1 Å². The lowest BCUT2D eigenvalue weighted by molar-refractivity contribution is 0.0993. The van der Waals surface area contributed by atoms with E-state index >= 15 is 0 Å². The molecule has 0 aliphatic carbocycles. The molecule has 3 rings (SSSR count). The molecule has 0 saturated heterocycles. The number of carbonyl (C=O) groups is 1. The first-order chi connectivity index (χ1) is 12.4. The summed E-state index contributed by atoms with van der Waals surface area (Å²) in [6, 6.07) is 14.3. The van der Waals surface area contributed by atoms with Gasteiger partial charge >= 0.3 is 0 Å². The van der Waals surface area contributed by atoms with Crippen LogP contribution in [0.15, 0.2) is 51.7 Å². The number of Topliss-reactive ketones (excluding diaryl/α,β-unsaturated/α-hetero) is 1. The molecule has 3 aromatic rings. The van der Waals surface area contributed by atoms with Crippen molar-refractivity contribution in [1.29, 1.82) is 5.26 Å². The molecular weight excluding hydrogens is 464 g/mol. The monoisotopic (exact) mass is 476 g/mol. The molecule has 0 bridgehead atoms. The summed E-state index contributed by atoms with van der Waals surface area (Å²) in [5.74, 6) is 0.376. The molecule has 0 fully saturated rings. The molecule has 3 aromatic heterocycles. The number of anilines is 1. The van der Waals surface area contributed by atoms with Gasteiger partial charge in [-0.15, -0.1) is 0 Å². The van der Waals surface area contributed by atoms with E-state index in [2.05, 4.69) is 46.9 Å². The molecule has 0 spiro atoms. The predicted octanol–water partition coefficient (Wildman–Crippen LogP) is 3.77. The summed E-state index contributed by atoms with van der Waals surface area (Å²) >= 11 is 6.44. The summed E-state index contributed by atoms with van der Waals surface area (Å²) in [7, 11) is 1.80. The van der Waals surface area contributed by atoms with E-state index in [1.807, 2.05) is 18.2 Å². The first-order valence-corrected chi connectivity index (χ1v) is 8.94. The first-order valence-electron chi connectivity index (χ1n) is 7.36. The molecule has 0 aliphatic rings. The van der Waals surface area contributed by atoms with E-state index in [1.165, 1.54) is 0 Å². The summed E-state index contributed by atoms with van der Waals surface area (Å²) in [6.45, 7) is 0. The number of nitriles is 1. The lowest BCUT2D eigenvalue weighted by Gasteiger charge is -1.95. The summed E-state index contributed by atoms with van der Waals surface area (Å²) in [5.41, 5.74) is 7.60. The highest BCUT2D eigenvalue weighted by Crippen LogP contribution is 2.19. The molecule has 2 N–H and O–H groups in total. The zero-order chi connectivity index (χ0) is 19.1. The van der Waals surface area contributed by atoms with E-state index in [-0.39, 0.29) is 12.2 Å². The van der Waals surface area contributed by atoms with Gasteiger partial charge in [-0.2, -0.15) is 10.4 Å².